The van der Waals surface area contributed by atoms with E-state index in [1.165, 1.54) is 11.3 Å². The average Bonchev–Trinajstić information content (AvgIpc) is 2.94. The summed E-state index contributed by atoms with van der Waals surface area (Å²) in [5.74, 6) is -3.32. The van der Waals surface area contributed by atoms with Crippen LogP contribution in [0.15, 0.2) is 16.8 Å². The van der Waals surface area contributed by atoms with Gasteiger partial charge in [0.2, 0.25) is 5.91 Å². The fraction of sp³-hybridized carbons (Fsp3) is 0.545. The number of aliphatic hydroxyl groups is 1. The largest absolute Gasteiger partial charge is 0.387 e. The Hall–Kier alpha value is -0.760. The molecule has 0 saturated carbocycles. The molecule has 1 aliphatic heterocycles. The van der Waals surface area contributed by atoms with E-state index in [2.05, 4.69) is 10.6 Å². The van der Waals surface area contributed by atoms with Gasteiger partial charge in [-0.1, -0.05) is 0 Å². The first-order chi connectivity index (χ1) is 8.48. The monoisotopic (exact) mass is 312 g/mol. The highest BCUT2D eigenvalue weighted by molar-refractivity contribution is 7.07. The summed E-state index contributed by atoms with van der Waals surface area (Å²) in [6, 6.07) is 0.874. The van der Waals surface area contributed by atoms with E-state index in [-0.39, 0.29) is 19.0 Å². The smallest absolute Gasteiger partial charge is 0.262 e. The molecule has 2 rings (SSSR count). The van der Waals surface area contributed by atoms with Gasteiger partial charge in [0.05, 0.1) is 18.7 Å². The van der Waals surface area contributed by atoms with Crippen molar-refractivity contribution in [1.29, 1.82) is 0 Å². The number of carbonyl (C=O) groups is 1. The zero-order valence-corrected chi connectivity index (χ0v) is 11.6. The van der Waals surface area contributed by atoms with Gasteiger partial charge < -0.3 is 10.4 Å². The topological polar surface area (TPSA) is 61.4 Å². The molecule has 0 aromatic carbocycles. The van der Waals surface area contributed by atoms with Gasteiger partial charge in [0.25, 0.3) is 5.92 Å². The molecule has 2 heterocycles. The van der Waals surface area contributed by atoms with Gasteiger partial charge in [-0.3, -0.25) is 10.1 Å². The molecule has 0 bridgehead atoms. The van der Waals surface area contributed by atoms with E-state index in [4.69, 9.17) is 0 Å². The van der Waals surface area contributed by atoms with Crippen LogP contribution in [0.1, 0.15) is 18.1 Å². The Morgan fingerprint density at radius 1 is 1.68 bits per heavy atom. The number of nitrogens with one attached hydrogen (secondary N) is 2. The van der Waals surface area contributed by atoms with Crippen molar-refractivity contribution in [3.8, 4) is 0 Å². The van der Waals surface area contributed by atoms with Gasteiger partial charge >= 0.3 is 0 Å². The molecular weight excluding hydrogens is 298 g/mol. The molecule has 4 nitrogen and oxygen atoms in total. The van der Waals surface area contributed by atoms with Crippen LogP contribution in [-0.2, 0) is 4.79 Å². The van der Waals surface area contributed by atoms with Gasteiger partial charge in [0.15, 0.2) is 0 Å². The lowest BCUT2D eigenvalue weighted by Gasteiger charge is -2.14. The van der Waals surface area contributed by atoms with Gasteiger partial charge in [0, 0.05) is 13.0 Å². The summed E-state index contributed by atoms with van der Waals surface area (Å²) in [6.07, 6.45) is -1.30. The van der Waals surface area contributed by atoms with Gasteiger partial charge in [-0.15, -0.1) is 12.4 Å². The number of thiophene rings is 1. The fourth-order valence-electron chi connectivity index (χ4n) is 1.80. The molecule has 0 spiro atoms. The van der Waals surface area contributed by atoms with Crippen molar-refractivity contribution in [3.63, 3.8) is 0 Å². The Morgan fingerprint density at radius 3 is 2.95 bits per heavy atom. The summed E-state index contributed by atoms with van der Waals surface area (Å²) in [5, 5.41) is 18.3. The third kappa shape index (κ3) is 4.38. The normalized spacial score (nSPS) is 22.6. The van der Waals surface area contributed by atoms with Crippen molar-refractivity contribution in [1.82, 2.24) is 10.6 Å². The number of rotatable bonds is 4. The van der Waals surface area contributed by atoms with E-state index >= 15 is 0 Å². The lowest BCUT2D eigenvalue weighted by molar-refractivity contribution is -0.123. The van der Waals surface area contributed by atoms with Gasteiger partial charge in [-0.05, 0) is 22.4 Å². The van der Waals surface area contributed by atoms with E-state index in [0.717, 1.165) is 0 Å². The molecule has 1 aromatic rings. The van der Waals surface area contributed by atoms with Crippen LogP contribution < -0.4 is 10.6 Å². The van der Waals surface area contributed by atoms with Crippen LogP contribution in [0.5, 0.6) is 0 Å². The summed E-state index contributed by atoms with van der Waals surface area (Å²) < 4.78 is 25.8. The van der Waals surface area contributed by atoms with Crippen molar-refractivity contribution >= 4 is 29.7 Å². The third-order valence-electron chi connectivity index (χ3n) is 2.82. The number of halogens is 3. The van der Waals surface area contributed by atoms with Crippen LogP contribution in [-0.4, -0.2) is 36.1 Å². The zero-order valence-electron chi connectivity index (χ0n) is 9.94. The number of hydrogen-bond acceptors (Lipinski definition) is 4. The van der Waals surface area contributed by atoms with Crippen molar-refractivity contribution in [3.05, 3.63) is 22.4 Å². The second-order valence-corrected chi connectivity index (χ2v) is 5.09. The first-order valence-corrected chi connectivity index (χ1v) is 6.51. The van der Waals surface area contributed by atoms with Gasteiger partial charge in [-0.2, -0.15) is 11.3 Å². The Bertz CT molecular complexity index is 417. The molecule has 3 N–H and O–H groups in total. The lowest BCUT2D eigenvalue weighted by atomic mass is 10.1. The van der Waals surface area contributed by atoms with E-state index in [1.54, 1.807) is 11.4 Å². The molecule has 1 amide bonds. The summed E-state index contributed by atoms with van der Waals surface area (Å²) in [5.41, 5.74) is 0.713. The second-order valence-electron chi connectivity index (χ2n) is 4.31. The summed E-state index contributed by atoms with van der Waals surface area (Å²) >= 11 is 1.44. The minimum Gasteiger partial charge on any atom is -0.387 e. The molecule has 8 heteroatoms. The van der Waals surface area contributed by atoms with Crippen LogP contribution in [0.4, 0.5) is 8.78 Å². The number of carbonyl (C=O) groups excluding carboxylic acids is 1. The summed E-state index contributed by atoms with van der Waals surface area (Å²) in [7, 11) is 0. The van der Waals surface area contributed by atoms with Crippen molar-refractivity contribution in [2.45, 2.75) is 24.5 Å². The average molecular weight is 313 g/mol. The highest BCUT2D eigenvalue weighted by Crippen LogP contribution is 2.25. The maximum atomic E-state index is 12.9. The van der Waals surface area contributed by atoms with E-state index < -0.39 is 36.9 Å². The van der Waals surface area contributed by atoms with Crippen molar-refractivity contribution < 1.29 is 18.7 Å². The van der Waals surface area contributed by atoms with Gasteiger partial charge in [0.1, 0.15) is 0 Å². The molecule has 19 heavy (non-hydrogen) atoms. The third-order valence-corrected chi connectivity index (χ3v) is 3.53. The molecule has 1 saturated heterocycles. The number of aliphatic hydroxyl groups excluding tert-OH is 1. The highest BCUT2D eigenvalue weighted by Gasteiger charge is 2.42. The Morgan fingerprint density at radius 2 is 2.42 bits per heavy atom. The Labute approximate surface area is 119 Å². The first kappa shape index (κ1) is 16.3. The molecule has 0 radical (unpaired) electrons. The van der Waals surface area contributed by atoms with Gasteiger partial charge in [-0.25, -0.2) is 8.78 Å². The number of amides is 1. The van der Waals surface area contributed by atoms with Crippen LogP contribution in [0.2, 0.25) is 0 Å². The quantitative estimate of drug-likeness (QED) is 0.786. The van der Waals surface area contributed by atoms with Crippen LogP contribution in [0.25, 0.3) is 0 Å². The predicted molar refractivity (Wildman–Crippen MR) is 70.9 cm³/mol. The molecular formula is C11H15ClF2N2O2S. The SMILES string of the molecule is Cl.O=C(NCC(O)c1ccsc1)C1CC(F)(F)CN1. The van der Waals surface area contributed by atoms with Crippen LogP contribution >= 0.6 is 23.7 Å². The van der Waals surface area contributed by atoms with E-state index in [1.807, 2.05) is 5.38 Å². The Balaban J connectivity index is 0.00000180. The predicted octanol–water partition coefficient (Wildman–Crippen LogP) is 1.32. The Kier molecular flexibility index (Phi) is 5.66. The minimum atomic E-state index is -2.83. The van der Waals surface area contributed by atoms with Crippen LogP contribution in [0, 0.1) is 0 Å². The highest BCUT2D eigenvalue weighted by atomic mass is 35.5. The minimum absolute atomic E-state index is 0. The molecule has 1 aromatic heterocycles. The lowest BCUT2D eigenvalue weighted by Crippen LogP contribution is -2.41. The van der Waals surface area contributed by atoms with E-state index in [0.29, 0.717) is 5.56 Å². The summed E-state index contributed by atoms with van der Waals surface area (Å²) in [6.45, 7) is -0.447. The maximum absolute atomic E-state index is 12.9. The van der Waals surface area contributed by atoms with Crippen molar-refractivity contribution in [2.24, 2.45) is 0 Å². The maximum Gasteiger partial charge on any atom is 0.262 e. The molecule has 2 atom stereocenters. The molecule has 108 valence electrons. The molecule has 0 aliphatic carbocycles. The fourth-order valence-corrected chi connectivity index (χ4v) is 2.51. The standard InChI is InChI=1S/C11H14F2N2O2S.ClH/c12-11(13)3-8(15-6-11)10(17)14-4-9(16)7-1-2-18-5-7;/h1-2,5,8-9,15-16H,3-4,6H2,(H,14,17);1H. The molecule has 1 aliphatic rings. The molecule has 1 fully saturated rings. The van der Waals surface area contributed by atoms with E-state index in [9.17, 15) is 18.7 Å². The first-order valence-electron chi connectivity index (χ1n) is 5.57. The molecule has 2 unspecified atom stereocenters. The zero-order chi connectivity index (χ0) is 13.2. The summed E-state index contributed by atoms with van der Waals surface area (Å²) in [4.78, 5) is 11.6. The van der Waals surface area contributed by atoms with Crippen LogP contribution in [0.3, 0.4) is 0 Å². The number of alkyl halides is 2. The van der Waals surface area contributed by atoms with Crippen molar-refractivity contribution in [2.75, 3.05) is 13.1 Å². The number of hydrogen-bond donors (Lipinski definition) is 3. The second kappa shape index (κ2) is 6.60.